The minimum atomic E-state index is -4.63. The number of aromatic nitrogens is 1. The summed E-state index contributed by atoms with van der Waals surface area (Å²) >= 11 is 0. The van der Waals surface area contributed by atoms with E-state index in [0.717, 1.165) is 18.2 Å². The zero-order valence-corrected chi connectivity index (χ0v) is 13.8. The maximum atomic E-state index is 12.7. The van der Waals surface area contributed by atoms with Crippen LogP contribution in [-0.2, 0) is 11.0 Å². The Balaban J connectivity index is 1.87. The number of carbonyl (C=O) groups is 2. The van der Waals surface area contributed by atoms with E-state index in [1.54, 1.807) is 6.92 Å². The summed E-state index contributed by atoms with van der Waals surface area (Å²) in [7, 11) is 0. The predicted molar refractivity (Wildman–Crippen MR) is 89.4 cm³/mol. The number of hydrogen-bond donors (Lipinski definition) is 1. The first-order valence-electron chi connectivity index (χ1n) is 7.60. The number of nitrogens with one attached hydrogen (secondary N) is 1. The van der Waals surface area contributed by atoms with E-state index in [9.17, 15) is 27.6 Å². The summed E-state index contributed by atoms with van der Waals surface area (Å²) in [5.41, 5.74) is -1.50. The summed E-state index contributed by atoms with van der Waals surface area (Å²) in [5, 5.41) is 6.53. The highest BCUT2D eigenvalue weighted by Crippen LogP contribution is 2.29. The Hall–Kier alpha value is -3.49. The van der Waals surface area contributed by atoms with E-state index in [2.05, 4.69) is 15.0 Å². The molecule has 3 rings (SSSR count). The van der Waals surface area contributed by atoms with Gasteiger partial charge in [-0.1, -0.05) is 17.3 Å². The van der Waals surface area contributed by atoms with Crippen molar-refractivity contribution in [1.82, 2.24) is 5.16 Å². The van der Waals surface area contributed by atoms with Gasteiger partial charge in [-0.3, -0.25) is 9.59 Å². The molecule has 0 fully saturated rings. The zero-order chi connectivity index (χ0) is 19.8. The van der Waals surface area contributed by atoms with Crippen LogP contribution in [0.15, 0.2) is 51.8 Å². The van der Waals surface area contributed by atoms with Crippen LogP contribution >= 0.6 is 0 Å². The van der Waals surface area contributed by atoms with E-state index in [-0.39, 0.29) is 16.6 Å². The number of fused-ring (bicyclic) bond motifs is 1. The Kier molecular flexibility index (Phi) is 4.52. The van der Waals surface area contributed by atoms with Crippen molar-refractivity contribution in [2.45, 2.75) is 13.1 Å². The number of hydrogen-bond acceptors (Lipinski definition) is 5. The molecule has 0 atom stereocenters. The number of amides is 1. The molecule has 0 unspecified atom stereocenters. The van der Waals surface area contributed by atoms with E-state index in [4.69, 9.17) is 0 Å². The fraction of sp³-hybridized carbons (Fsp3) is 0.111. The molecule has 0 aliphatic heterocycles. The van der Waals surface area contributed by atoms with Gasteiger partial charge in [0.15, 0.2) is 0 Å². The van der Waals surface area contributed by atoms with E-state index in [0.29, 0.717) is 17.1 Å². The van der Waals surface area contributed by atoms with Gasteiger partial charge >= 0.3 is 11.8 Å². The SMILES string of the molecule is Cc1noc(=O)c2ccc(NC(=O)C(=O)c3cccc(C(F)(F)F)c3)cc12. The fourth-order valence-electron chi connectivity index (χ4n) is 2.46. The predicted octanol–water partition coefficient (Wildman–Crippen LogP) is 3.34. The highest BCUT2D eigenvalue weighted by molar-refractivity contribution is 6.46. The monoisotopic (exact) mass is 376 g/mol. The van der Waals surface area contributed by atoms with Crippen molar-refractivity contribution < 1.29 is 27.3 Å². The molecule has 2 aromatic carbocycles. The maximum Gasteiger partial charge on any atom is 0.416 e. The van der Waals surface area contributed by atoms with E-state index in [1.165, 1.54) is 18.2 Å². The van der Waals surface area contributed by atoms with Crippen molar-refractivity contribution in [2.75, 3.05) is 5.32 Å². The number of nitrogens with zero attached hydrogens (tertiary/aromatic N) is 1. The number of rotatable bonds is 3. The summed E-state index contributed by atoms with van der Waals surface area (Å²) in [6.45, 7) is 1.59. The third kappa shape index (κ3) is 3.71. The third-order valence-corrected chi connectivity index (χ3v) is 3.81. The van der Waals surface area contributed by atoms with Crippen molar-refractivity contribution in [3.8, 4) is 0 Å². The molecule has 0 saturated carbocycles. The number of ketones is 1. The maximum absolute atomic E-state index is 12.7. The van der Waals surface area contributed by atoms with Crippen LogP contribution in [0.1, 0.15) is 21.6 Å². The molecule has 0 saturated heterocycles. The van der Waals surface area contributed by atoms with Gasteiger partial charge in [0.05, 0.1) is 16.6 Å². The summed E-state index contributed by atoms with van der Waals surface area (Å²) in [6, 6.07) is 7.77. The molecule has 1 heterocycles. The topological polar surface area (TPSA) is 89.3 Å². The lowest BCUT2D eigenvalue weighted by Gasteiger charge is -2.09. The molecule has 0 radical (unpaired) electrons. The number of anilines is 1. The summed E-state index contributed by atoms with van der Waals surface area (Å²) < 4.78 is 42.8. The molecule has 1 amide bonds. The van der Waals surface area contributed by atoms with Crippen LogP contribution in [0.5, 0.6) is 0 Å². The highest BCUT2D eigenvalue weighted by Gasteiger charge is 2.31. The molecule has 0 spiro atoms. The average Bonchev–Trinajstić information content (AvgIpc) is 2.63. The van der Waals surface area contributed by atoms with Gasteiger partial charge in [-0.2, -0.15) is 13.2 Å². The van der Waals surface area contributed by atoms with Gasteiger partial charge in [0.1, 0.15) is 0 Å². The van der Waals surface area contributed by atoms with Gasteiger partial charge in [-0.15, -0.1) is 0 Å². The molecule has 138 valence electrons. The van der Waals surface area contributed by atoms with Crippen molar-refractivity contribution in [3.05, 3.63) is 69.7 Å². The van der Waals surface area contributed by atoms with Crippen molar-refractivity contribution in [2.24, 2.45) is 0 Å². The van der Waals surface area contributed by atoms with Crippen LogP contribution in [-0.4, -0.2) is 16.8 Å². The lowest BCUT2D eigenvalue weighted by Crippen LogP contribution is -2.23. The first kappa shape index (κ1) is 18.3. The minimum absolute atomic E-state index is 0.184. The van der Waals surface area contributed by atoms with Gasteiger partial charge in [0.25, 0.3) is 11.7 Å². The van der Waals surface area contributed by atoms with Gasteiger partial charge in [-0.05, 0) is 37.3 Å². The highest BCUT2D eigenvalue weighted by atomic mass is 19.4. The summed E-state index contributed by atoms with van der Waals surface area (Å²) in [4.78, 5) is 35.9. The van der Waals surface area contributed by atoms with Gasteiger partial charge in [0, 0.05) is 16.6 Å². The number of aryl methyl sites for hydroxylation is 1. The Bertz CT molecular complexity index is 1120. The Morgan fingerprint density at radius 3 is 2.52 bits per heavy atom. The molecule has 0 aliphatic carbocycles. The first-order chi connectivity index (χ1) is 12.7. The first-order valence-corrected chi connectivity index (χ1v) is 7.60. The van der Waals surface area contributed by atoms with Gasteiger partial charge < -0.3 is 9.84 Å². The quantitative estimate of drug-likeness (QED) is 0.559. The van der Waals surface area contributed by atoms with Crippen molar-refractivity contribution in [3.63, 3.8) is 0 Å². The second-order valence-electron chi connectivity index (χ2n) is 5.68. The van der Waals surface area contributed by atoms with Crippen LogP contribution in [0.4, 0.5) is 18.9 Å². The number of carbonyl (C=O) groups excluding carboxylic acids is 2. The lowest BCUT2D eigenvalue weighted by molar-refractivity contribution is -0.137. The smallest absolute Gasteiger partial charge is 0.319 e. The second kappa shape index (κ2) is 6.67. The number of benzene rings is 2. The second-order valence-corrected chi connectivity index (χ2v) is 5.68. The Morgan fingerprint density at radius 1 is 1.07 bits per heavy atom. The summed E-state index contributed by atoms with van der Waals surface area (Å²) in [5.74, 6) is -2.23. The van der Waals surface area contributed by atoms with E-state index in [1.807, 2.05) is 0 Å². The van der Waals surface area contributed by atoms with E-state index < -0.39 is 29.1 Å². The molecule has 0 bridgehead atoms. The van der Waals surface area contributed by atoms with Crippen LogP contribution in [0, 0.1) is 6.92 Å². The molecule has 1 aromatic heterocycles. The molecule has 27 heavy (non-hydrogen) atoms. The van der Waals surface area contributed by atoms with Crippen molar-refractivity contribution >= 4 is 28.2 Å². The fourth-order valence-corrected chi connectivity index (χ4v) is 2.46. The largest absolute Gasteiger partial charge is 0.416 e. The zero-order valence-electron chi connectivity index (χ0n) is 13.8. The molecule has 6 nitrogen and oxygen atoms in total. The molecular weight excluding hydrogens is 365 g/mol. The third-order valence-electron chi connectivity index (χ3n) is 3.81. The van der Waals surface area contributed by atoms with Crippen LogP contribution in [0.3, 0.4) is 0 Å². The number of Topliss-reactive ketones (excluding diaryl/α,β-unsaturated/α-hetero) is 1. The minimum Gasteiger partial charge on any atom is -0.319 e. The molecule has 3 aromatic rings. The summed E-state index contributed by atoms with van der Waals surface area (Å²) in [6.07, 6.45) is -4.63. The lowest BCUT2D eigenvalue weighted by atomic mass is 10.1. The molecule has 9 heteroatoms. The van der Waals surface area contributed by atoms with Crippen LogP contribution in [0.2, 0.25) is 0 Å². The van der Waals surface area contributed by atoms with Crippen LogP contribution < -0.4 is 10.9 Å². The Labute approximate surface area is 149 Å². The number of alkyl halides is 3. The molecular formula is C18H11F3N2O4. The van der Waals surface area contributed by atoms with E-state index >= 15 is 0 Å². The van der Waals surface area contributed by atoms with Gasteiger partial charge in [0.2, 0.25) is 0 Å². The van der Waals surface area contributed by atoms with Gasteiger partial charge in [-0.25, -0.2) is 4.79 Å². The molecule has 0 aliphatic rings. The van der Waals surface area contributed by atoms with Crippen molar-refractivity contribution in [1.29, 1.82) is 0 Å². The van der Waals surface area contributed by atoms with Crippen LogP contribution in [0.25, 0.3) is 10.8 Å². The molecule has 1 N–H and O–H groups in total. The average molecular weight is 376 g/mol. The number of halogens is 3. The standard InChI is InChI=1S/C18H11F3N2O4/c1-9-14-8-12(5-6-13(14)17(26)27-23-9)22-16(25)15(24)10-3-2-4-11(7-10)18(19,20)21/h2-8H,1H3,(H,22,25). The Morgan fingerprint density at radius 2 is 1.81 bits per heavy atom. The normalized spacial score (nSPS) is 11.4.